The second-order valence-corrected chi connectivity index (χ2v) is 13.9. The molecule has 0 aliphatic carbocycles. The highest BCUT2D eigenvalue weighted by Gasteiger charge is 2.41. The molecule has 1 aromatic heterocycles. The molecule has 0 saturated carbocycles. The molecule has 12 nitrogen and oxygen atoms in total. The van der Waals surface area contributed by atoms with Crippen molar-refractivity contribution in [3.8, 4) is 33.8 Å². The number of hydrogen-bond donors (Lipinski definition) is 2. The number of nitrogens with one attached hydrogen (secondary N) is 1. The second-order valence-electron chi connectivity index (χ2n) is 13.9. The Morgan fingerprint density at radius 3 is 2.67 bits per heavy atom. The van der Waals surface area contributed by atoms with E-state index in [9.17, 15) is 9.59 Å². The number of ketones is 1. The van der Waals surface area contributed by atoms with Crippen LogP contribution in [-0.2, 0) is 23.8 Å². The van der Waals surface area contributed by atoms with E-state index < -0.39 is 22.9 Å². The van der Waals surface area contributed by atoms with Gasteiger partial charge in [0, 0.05) is 66.8 Å². The fourth-order valence-electron chi connectivity index (χ4n) is 6.75. The average molecular weight is 738 g/mol. The van der Waals surface area contributed by atoms with Crippen LogP contribution in [0.25, 0.3) is 22.3 Å². The predicted octanol–water partition coefficient (Wildman–Crippen LogP) is 5.95. The zero-order chi connectivity index (χ0) is 37.7. The molecular weight excluding hydrogens is 693 g/mol. The van der Waals surface area contributed by atoms with Crippen LogP contribution in [0.3, 0.4) is 0 Å². The first-order valence-corrected chi connectivity index (χ1v) is 18.1. The molecule has 3 aromatic rings. The van der Waals surface area contributed by atoms with Gasteiger partial charge in [0.2, 0.25) is 5.91 Å². The number of nitrogens with zero attached hydrogens (tertiary/aromatic N) is 3. The Morgan fingerprint density at radius 1 is 1.06 bits per heavy atom. The van der Waals surface area contributed by atoms with E-state index in [4.69, 9.17) is 29.4 Å². The third-order valence-electron chi connectivity index (χ3n) is 10.1. The number of carbonyl (C=O) groups is 2. The van der Waals surface area contributed by atoms with Crippen molar-refractivity contribution < 1.29 is 37.7 Å². The number of rotatable bonds is 11. The minimum atomic E-state index is -1.58. The summed E-state index contributed by atoms with van der Waals surface area (Å²) in [5, 5.41) is 2.70. The molecule has 1 amide bonds. The molecule has 2 atom stereocenters. The molecule has 0 radical (unpaired) electrons. The van der Waals surface area contributed by atoms with Gasteiger partial charge >= 0.3 is 0 Å². The lowest BCUT2D eigenvalue weighted by Gasteiger charge is -2.30. The molecule has 4 aliphatic rings. The second kappa shape index (κ2) is 16.3. The van der Waals surface area contributed by atoms with Gasteiger partial charge in [0.1, 0.15) is 29.8 Å². The van der Waals surface area contributed by atoms with Gasteiger partial charge in [0.25, 0.3) is 0 Å². The smallest absolute Gasteiger partial charge is 0.243 e. The lowest BCUT2D eigenvalue weighted by atomic mass is 9.83. The van der Waals surface area contributed by atoms with E-state index in [-0.39, 0.29) is 23.2 Å². The van der Waals surface area contributed by atoms with E-state index in [2.05, 4.69) is 26.4 Å². The van der Waals surface area contributed by atoms with Crippen molar-refractivity contribution in [1.82, 2.24) is 9.88 Å². The molecular formula is C41H44FN5O7. The van der Waals surface area contributed by atoms with Crippen molar-refractivity contribution in [1.29, 1.82) is 0 Å². The number of nitrogens with two attached hydrogens (primary N) is 1. The third-order valence-corrected chi connectivity index (χ3v) is 10.1. The van der Waals surface area contributed by atoms with Crippen LogP contribution in [0.5, 0.6) is 11.5 Å². The Kier molecular flexibility index (Phi) is 11.2. The number of ether oxygens (including phenoxy) is 5. The summed E-state index contributed by atoms with van der Waals surface area (Å²) in [6, 6.07) is 11.5. The van der Waals surface area contributed by atoms with Crippen LogP contribution in [0.2, 0.25) is 0 Å². The summed E-state index contributed by atoms with van der Waals surface area (Å²) < 4.78 is 43.9. The van der Waals surface area contributed by atoms with Crippen molar-refractivity contribution in [2.24, 2.45) is 16.3 Å². The molecule has 2 fully saturated rings. The minimum absolute atomic E-state index is 0.130. The topological polar surface area (TPSA) is 147 Å². The molecule has 4 aliphatic heterocycles. The lowest BCUT2D eigenvalue weighted by Crippen LogP contribution is -2.42. The van der Waals surface area contributed by atoms with E-state index in [0.717, 1.165) is 43.7 Å². The highest BCUT2D eigenvalue weighted by molar-refractivity contribution is 6.26. The highest BCUT2D eigenvalue weighted by Crippen LogP contribution is 2.37. The number of pyridine rings is 1. The Labute approximate surface area is 313 Å². The number of aliphatic imine (C=N–C) groups is 1. The van der Waals surface area contributed by atoms with Gasteiger partial charge in [0.15, 0.2) is 17.3 Å². The summed E-state index contributed by atoms with van der Waals surface area (Å²) in [4.78, 5) is 37.9. The first-order valence-electron chi connectivity index (χ1n) is 18.1. The monoisotopic (exact) mass is 737 g/mol. The molecule has 3 N–H and O–H groups in total. The first-order chi connectivity index (χ1) is 26.2. The van der Waals surface area contributed by atoms with Gasteiger partial charge in [-0.2, -0.15) is 0 Å². The third kappa shape index (κ3) is 8.23. The summed E-state index contributed by atoms with van der Waals surface area (Å²) in [6.07, 6.45) is 13.0. The van der Waals surface area contributed by atoms with Crippen molar-refractivity contribution in [3.05, 3.63) is 90.3 Å². The number of halogens is 1. The molecule has 13 heteroatoms. The summed E-state index contributed by atoms with van der Waals surface area (Å²) in [5.74, 6) is 0.0486. The predicted molar refractivity (Wildman–Crippen MR) is 202 cm³/mol. The van der Waals surface area contributed by atoms with Gasteiger partial charge in [-0.3, -0.25) is 14.6 Å². The maximum absolute atomic E-state index is 15.7. The number of amides is 1. The van der Waals surface area contributed by atoms with Crippen molar-refractivity contribution in [3.63, 3.8) is 0 Å². The van der Waals surface area contributed by atoms with E-state index in [1.54, 1.807) is 37.6 Å². The van der Waals surface area contributed by atoms with Crippen LogP contribution in [0.4, 0.5) is 15.9 Å². The van der Waals surface area contributed by atoms with Gasteiger partial charge in [-0.25, -0.2) is 9.37 Å². The zero-order valence-electron chi connectivity index (χ0n) is 30.4. The van der Waals surface area contributed by atoms with Crippen molar-refractivity contribution >= 4 is 29.4 Å². The maximum Gasteiger partial charge on any atom is 0.243 e. The number of nitrogen functional groups attached to an aromatic ring is 1. The molecule has 0 spiro atoms. The molecule has 54 heavy (non-hydrogen) atoms. The van der Waals surface area contributed by atoms with Crippen LogP contribution in [0.1, 0.15) is 26.2 Å². The molecule has 2 saturated heterocycles. The number of allylic oxidation sites excluding steroid dienone is 3. The number of carbonyl (C=O) groups excluding carboxylic acids is 2. The van der Waals surface area contributed by atoms with Gasteiger partial charge in [-0.15, -0.1) is 0 Å². The number of anilines is 2. The average Bonchev–Trinajstić information content (AvgIpc) is 3.19. The van der Waals surface area contributed by atoms with Gasteiger partial charge in [-0.1, -0.05) is 12.1 Å². The molecule has 5 heterocycles. The normalized spacial score (nSPS) is 21.7. The number of hydrogen-bond acceptors (Lipinski definition) is 11. The van der Waals surface area contributed by atoms with Crippen LogP contribution in [0, 0.1) is 17.2 Å². The van der Waals surface area contributed by atoms with Gasteiger partial charge in [0.05, 0.1) is 32.6 Å². The van der Waals surface area contributed by atoms with Crippen LogP contribution >= 0.6 is 0 Å². The fraction of sp³-hybridized carbons (Fsp3) is 0.366. The van der Waals surface area contributed by atoms with E-state index in [0.29, 0.717) is 67.1 Å². The summed E-state index contributed by atoms with van der Waals surface area (Å²) in [6.45, 7) is 5.79. The van der Waals surface area contributed by atoms with E-state index in [1.807, 2.05) is 18.3 Å². The van der Waals surface area contributed by atoms with Gasteiger partial charge < -0.3 is 39.6 Å². The standard InChI is InChI=1S/C41H44FN5O7/c1-41(25-45-35(19-38(41)48)28-4-3-11-47(22-28)21-26-9-12-51-13-10-26)40(49)46-30-6-7-32(34(42)18-30)33-16-29(20-44-39(33)43)27-5-8-36(37(17-27)50-2)54-24-31-23-52-14-15-53-31/h3,5-8,11,16-20,22,25-26,31H,4,9-10,12-15,21,23-24H2,1-2H3,(H2,43,44)(H,46,49)/t31-,41?/m1/s1. The minimum Gasteiger partial charge on any atom is -0.493 e. The molecule has 7 rings (SSSR count). The van der Waals surface area contributed by atoms with Crippen LogP contribution in [-0.4, -0.2) is 87.2 Å². The Balaban J connectivity index is 1.02. The summed E-state index contributed by atoms with van der Waals surface area (Å²) in [7, 11) is 1.55. The molecule has 0 bridgehead atoms. The van der Waals surface area contributed by atoms with Crippen molar-refractivity contribution in [2.75, 3.05) is 64.3 Å². The largest absolute Gasteiger partial charge is 0.493 e. The van der Waals surface area contributed by atoms with Crippen LogP contribution in [0.15, 0.2) is 89.5 Å². The molecule has 282 valence electrons. The Hall–Kier alpha value is -5.37. The summed E-state index contributed by atoms with van der Waals surface area (Å²) in [5.41, 5.74) is 8.25. The fourth-order valence-corrected chi connectivity index (χ4v) is 6.75. The van der Waals surface area contributed by atoms with E-state index >= 15 is 4.39 Å². The Bertz CT molecular complexity index is 2020. The maximum atomic E-state index is 15.7. The molecule has 1 unspecified atom stereocenters. The number of aromatic nitrogens is 1. The Morgan fingerprint density at radius 2 is 1.91 bits per heavy atom. The lowest BCUT2D eigenvalue weighted by molar-refractivity contribution is -0.130. The highest BCUT2D eigenvalue weighted by atomic mass is 19.1. The quantitative estimate of drug-likeness (QED) is 0.226. The number of benzene rings is 2. The van der Waals surface area contributed by atoms with Gasteiger partial charge in [-0.05, 0) is 85.8 Å². The molecule has 2 aromatic carbocycles. The SMILES string of the molecule is COc1cc(-c2cnc(N)c(-c3ccc(NC(=O)C4(C)C=NC(C5=CN(CC6CCOCC6)C=CC5)=CC4=O)cc3F)c2)ccc1OC[C@H]1COCCO1. The number of methoxy groups -OCH3 is 1. The zero-order valence-corrected chi connectivity index (χ0v) is 30.4. The van der Waals surface area contributed by atoms with Crippen LogP contribution < -0.4 is 20.5 Å². The first kappa shape index (κ1) is 37.0. The van der Waals surface area contributed by atoms with E-state index in [1.165, 1.54) is 31.3 Å². The summed E-state index contributed by atoms with van der Waals surface area (Å²) >= 11 is 0. The van der Waals surface area contributed by atoms with Crippen molar-refractivity contribution in [2.45, 2.75) is 32.3 Å².